The number of thiophene rings is 1. The van der Waals surface area contributed by atoms with Gasteiger partial charge in [-0.25, -0.2) is 14.6 Å². The van der Waals surface area contributed by atoms with Crippen molar-refractivity contribution >= 4 is 39.8 Å². The lowest BCUT2D eigenvalue weighted by molar-refractivity contribution is -0.136. The van der Waals surface area contributed by atoms with E-state index in [-0.39, 0.29) is 19.0 Å². The number of carbonyl (C=O) groups excluding carboxylic acids is 3. The van der Waals surface area contributed by atoms with Crippen LogP contribution < -0.4 is 20.2 Å². The molecule has 210 valence electrons. The highest BCUT2D eigenvalue weighted by Crippen LogP contribution is 2.38. The monoisotopic (exact) mass is 567 g/mol. The van der Waals surface area contributed by atoms with Crippen molar-refractivity contribution in [1.82, 2.24) is 5.43 Å². The summed E-state index contributed by atoms with van der Waals surface area (Å²) in [5, 5.41) is 6.93. The van der Waals surface area contributed by atoms with Crippen molar-refractivity contribution in [1.29, 1.82) is 0 Å². The van der Waals surface area contributed by atoms with Gasteiger partial charge in [0, 0.05) is 10.4 Å². The standard InChI is InChI=1S/C29H30FN3O6S/c1-4-38-29(36)25-21-7-5-6-8-24(21)40-28(25)31-26(34)27(35)33-32-17(2)19-11-14-22(23(15-19)37-3)39-16-18-9-12-20(30)13-10-18/h9-15H,4-8,16H2,1-3H3,(H,31,34)(H,33,35). The highest BCUT2D eigenvalue weighted by atomic mass is 32.1. The molecular weight excluding hydrogens is 537 g/mol. The van der Waals surface area contributed by atoms with Crippen molar-refractivity contribution in [2.75, 3.05) is 19.0 Å². The van der Waals surface area contributed by atoms with Gasteiger partial charge in [-0.3, -0.25) is 9.59 Å². The van der Waals surface area contributed by atoms with E-state index in [0.717, 1.165) is 41.7 Å². The van der Waals surface area contributed by atoms with Gasteiger partial charge in [0.15, 0.2) is 11.5 Å². The SMILES string of the molecule is CCOC(=O)c1c(NC(=O)C(=O)NN=C(C)c2ccc(OCc3ccc(F)cc3)c(OC)c2)sc2c1CCCC2. The van der Waals surface area contributed by atoms with Crippen LogP contribution in [-0.2, 0) is 33.8 Å². The third kappa shape index (κ3) is 6.84. The van der Waals surface area contributed by atoms with Crippen LogP contribution in [0, 0.1) is 5.82 Å². The molecule has 11 heteroatoms. The summed E-state index contributed by atoms with van der Waals surface area (Å²) in [5.74, 6) is -1.84. The molecule has 2 amide bonds. The Kier molecular flexibility index (Phi) is 9.49. The molecule has 9 nitrogen and oxygen atoms in total. The van der Waals surface area contributed by atoms with E-state index in [2.05, 4.69) is 15.8 Å². The van der Waals surface area contributed by atoms with Gasteiger partial charge in [-0.05, 0) is 81.0 Å². The first-order valence-electron chi connectivity index (χ1n) is 12.8. The maximum absolute atomic E-state index is 13.1. The second-order valence-corrected chi connectivity index (χ2v) is 10.1. The summed E-state index contributed by atoms with van der Waals surface area (Å²) in [7, 11) is 1.50. The van der Waals surface area contributed by atoms with E-state index in [4.69, 9.17) is 14.2 Å². The van der Waals surface area contributed by atoms with Crippen molar-refractivity contribution in [3.05, 3.63) is 75.4 Å². The first kappa shape index (κ1) is 28.8. The van der Waals surface area contributed by atoms with Crippen LogP contribution in [0.25, 0.3) is 0 Å². The molecule has 0 fully saturated rings. The molecule has 0 unspecified atom stereocenters. The summed E-state index contributed by atoms with van der Waals surface area (Å²) >= 11 is 1.30. The molecule has 0 atom stereocenters. The van der Waals surface area contributed by atoms with E-state index in [1.54, 1.807) is 44.2 Å². The zero-order valence-electron chi connectivity index (χ0n) is 22.5. The molecule has 0 aliphatic heterocycles. The highest BCUT2D eigenvalue weighted by Gasteiger charge is 2.28. The lowest BCUT2D eigenvalue weighted by atomic mass is 9.95. The van der Waals surface area contributed by atoms with Gasteiger partial charge in [-0.1, -0.05) is 12.1 Å². The minimum absolute atomic E-state index is 0.206. The molecule has 0 radical (unpaired) electrons. The molecule has 1 heterocycles. The maximum atomic E-state index is 13.1. The predicted octanol–water partition coefficient (Wildman–Crippen LogP) is 5.01. The molecule has 3 aromatic rings. The molecule has 2 aromatic carbocycles. The largest absolute Gasteiger partial charge is 0.493 e. The molecule has 0 saturated carbocycles. The molecule has 1 aromatic heterocycles. The summed E-state index contributed by atoms with van der Waals surface area (Å²) < 4.78 is 29.5. The molecule has 40 heavy (non-hydrogen) atoms. The topological polar surface area (TPSA) is 115 Å². The Morgan fingerprint density at radius 3 is 2.50 bits per heavy atom. The number of rotatable bonds is 9. The minimum Gasteiger partial charge on any atom is -0.493 e. The van der Waals surface area contributed by atoms with Crippen LogP contribution in [0.15, 0.2) is 47.6 Å². The van der Waals surface area contributed by atoms with Crippen molar-refractivity contribution in [3.63, 3.8) is 0 Å². The third-order valence-corrected chi connectivity index (χ3v) is 7.51. The fourth-order valence-corrected chi connectivity index (χ4v) is 5.51. The Morgan fingerprint density at radius 2 is 1.77 bits per heavy atom. The molecule has 0 saturated heterocycles. The number of hydrogen-bond donors (Lipinski definition) is 2. The van der Waals surface area contributed by atoms with Crippen LogP contribution in [-0.4, -0.2) is 37.2 Å². The molecule has 0 spiro atoms. The van der Waals surface area contributed by atoms with Crippen molar-refractivity contribution < 1.29 is 33.0 Å². The van der Waals surface area contributed by atoms with E-state index in [0.29, 0.717) is 33.3 Å². The van der Waals surface area contributed by atoms with Crippen molar-refractivity contribution in [2.24, 2.45) is 5.10 Å². The average molecular weight is 568 g/mol. The fourth-order valence-electron chi connectivity index (χ4n) is 4.24. The second kappa shape index (κ2) is 13.2. The quantitative estimate of drug-likeness (QED) is 0.163. The first-order valence-corrected chi connectivity index (χ1v) is 13.6. The van der Waals surface area contributed by atoms with Crippen LogP contribution in [0.5, 0.6) is 11.5 Å². The summed E-state index contributed by atoms with van der Waals surface area (Å²) in [4.78, 5) is 38.8. The molecular formula is C29H30FN3O6S. The number of anilines is 1. The number of aryl methyl sites for hydroxylation is 1. The number of halogens is 1. The maximum Gasteiger partial charge on any atom is 0.341 e. The number of esters is 1. The molecule has 1 aliphatic rings. The summed E-state index contributed by atoms with van der Waals surface area (Å²) in [6.07, 6.45) is 3.50. The van der Waals surface area contributed by atoms with Gasteiger partial charge in [0.2, 0.25) is 0 Å². The Labute approximate surface area is 235 Å². The Morgan fingerprint density at radius 1 is 1.02 bits per heavy atom. The summed E-state index contributed by atoms with van der Waals surface area (Å²) in [5.41, 5.74) is 5.32. The van der Waals surface area contributed by atoms with Gasteiger partial charge in [0.1, 0.15) is 17.4 Å². The number of ether oxygens (including phenoxy) is 3. The Bertz CT molecular complexity index is 1430. The predicted molar refractivity (Wildman–Crippen MR) is 150 cm³/mol. The van der Waals surface area contributed by atoms with Crippen LogP contribution in [0.1, 0.15) is 58.6 Å². The van der Waals surface area contributed by atoms with Crippen LogP contribution in [0.2, 0.25) is 0 Å². The van der Waals surface area contributed by atoms with Gasteiger partial charge in [0.25, 0.3) is 0 Å². The molecule has 2 N–H and O–H groups in total. The van der Waals surface area contributed by atoms with Crippen molar-refractivity contribution in [3.8, 4) is 11.5 Å². The number of carbonyl (C=O) groups is 3. The van der Waals surface area contributed by atoms with Crippen molar-refractivity contribution in [2.45, 2.75) is 46.1 Å². The van der Waals surface area contributed by atoms with E-state index in [1.807, 2.05) is 0 Å². The number of fused-ring (bicyclic) bond motifs is 1. The lowest BCUT2D eigenvalue weighted by Crippen LogP contribution is -2.33. The highest BCUT2D eigenvalue weighted by molar-refractivity contribution is 7.17. The normalized spacial score (nSPS) is 12.8. The van der Waals surface area contributed by atoms with Gasteiger partial charge < -0.3 is 19.5 Å². The smallest absolute Gasteiger partial charge is 0.341 e. The van der Waals surface area contributed by atoms with Gasteiger partial charge in [-0.15, -0.1) is 11.3 Å². The minimum atomic E-state index is -0.980. The second-order valence-electron chi connectivity index (χ2n) is 9.01. The number of nitrogens with one attached hydrogen (secondary N) is 2. The molecule has 4 rings (SSSR count). The van der Waals surface area contributed by atoms with E-state index < -0.39 is 17.8 Å². The third-order valence-electron chi connectivity index (χ3n) is 6.30. The molecule has 0 bridgehead atoms. The van der Waals surface area contributed by atoms with Gasteiger partial charge in [0.05, 0.1) is 25.0 Å². The van der Waals surface area contributed by atoms with E-state index in [9.17, 15) is 18.8 Å². The first-order chi connectivity index (χ1) is 19.3. The summed E-state index contributed by atoms with van der Waals surface area (Å²) in [6, 6.07) is 11.1. The van der Waals surface area contributed by atoms with Crippen LogP contribution in [0.4, 0.5) is 9.39 Å². The zero-order chi connectivity index (χ0) is 28.6. The number of methoxy groups -OCH3 is 1. The van der Waals surface area contributed by atoms with Crippen LogP contribution in [0.3, 0.4) is 0 Å². The number of hydrazone groups is 1. The number of amides is 2. The average Bonchev–Trinajstić information content (AvgIpc) is 3.33. The van der Waals surface area contributed by atoms with Gasteiger partial charge in [-0.2, -0.15) is 5.10 Å². The van der Waals surface area contributed by atoms with Crippen LogP contribution >= 0.6 is 11.3 Å². The van der Waals surface area contributed by atoms with E-state index in [1.165, 1.54) is 30.6 Å². The Hall–Kier alpha value is -4.25. The Balaban J connectivity index is 1.41. The fraction of sp³-hybridized carbons (Fsp3) is 0.310. The summed E-state index contributed by atoms with van der Waals surface area (Å²) in [6.45, 7) is 3.81. The number of benzene rings is 2. The van der Waals surface area contributed by atoms with E-state index >= 15 is 0 Å². The number of nitrogens with zero attached hydrogens (tertiary/aromatic N) is 1. The number of hydrogen-bond acceptors (Lipinski definition) is 8. The molecule has 1 aliphatic carbocycles. The lowest BCUT2D eigenvalue weighted by Gasteiger charge is -2.12. The zero-order valence-corrected chi connectivity index (χ0v) is 23.3. The van der Waals surface area contributed by atoms with Gasteiger partial charge >= 0.3 is 17.8 Å².